The number of carbonyl (C=O) groups is 1. The Morgan fingerprint density at radius 2 is 1.93 bits per heavy atom. The van der Waals surface area contributed by atoms with E-state index in [2.05, 4.69) is 0 Å². The van der Waals surface area contributed by atoms with Crippen LogP contribution in [0.25, 0.3) is 0 Å². The minimum atomic E-state index is -0.800. The van der Waals surface area contributed by atoms with Crippen molar-refractivity contribution < 1.29 is 4.79 Å². The molecule has 0 aromatic heterocycles. The lowest BCUT2D eigenvalue weighted by Crippen LogP contribution is -2.25. The average Bonchev–Trinajstić information content (AvgIpc) is 2.19. The normalized spacial score (nSPS) is 12.3. The van der Waals surface area contributed by atoms with Crippen molar-refractivity contribution in [2.45, 2.75) is 5.38 Å². The Balaban J connectivity index is 3.05. The molecule has 0 aliphatic heterocycles. The molecule has 1 unspecified atom stereocenters. The van der Waals surface area contributed by atoms with Gasteiger partial charge in [-0.2, -0.15) is 0 Å². The molecule has 0 aliphatic rings. The largest absolute Gasteiger partial charge is 0.347 e. The van der Waals surface area contributed by atoms with Crippen molar-refractivity contribution in [3.05, 3.63) is 33.8 Å². The maximum Gasteiger partial charge on any atom is 0.244 e. The molecule has 1 aromatic carbocycles. The molecule has 1 amide bonds. The third-order valence-electron chi connectivity index (χ3n) is 1.89. The maximum atomic E-state index is 11.6. The summed E-state index contributed by atoms with van der Waals surface area (Å²) in [6.07, 6.45) is 0. The number of halogens is 3. The molecule has 0 spiro atoms. The van der Waals surface area contributed by atoms with Crippen LogP contribution in [0.2, 0.25) is 10.0 Å². The van der Waals surface area contributed by atoms with Crippen LogP contribution in [-0.4, -0.2) is 24.9 Å². The van der Waals surface area contributed by atoms with Gasteiger partial charge in [0.05, 0.1) is 0 Å². The van der Waals surface area contributed by atoms with Gasteiger partial charge in [-0.1, -0.05) is 23.2 Å². The van der Waals surface area contributed by atoms with Crippen molar-refractivity contribution in [2.75, 3.05) is 14.1 Å². The van der Waals surface area contributed by atoms with Crippen LogP contribution in [0.4, 0.5) is 0 Å². The molecule has 15 heavy (non-hydrogen) atoms. The lowest BCUT2D eigenvalue weighted by atomic mass is 10.1. The summed E-state index contributed by atoms with van der Waals surface area (Å²) in [5.74, 6) is -0.221. The molecular formula is C10H10Cl3NO. The van der Waals surface area contributed by atoms with E-state index in [0.717, 1.165) is 0 Å². The van der Waals surface area contributed by atoms with Crippen molar-refractivity contribution in [1.29, 1.82) is 0 Å². The number of carbonyl (C=O) groups excluding carboxylic acids is 1. The molecule has 1 atom stereocenters. The lowest BCUT2D eigenvalue weighted by molar-refractivity contribution is -0.128. The van der Waals surface area contributed by atoms with Crippen LogP contribution in [0.3, 0.4) is 0 Å². The second-order valence-corrected chi connectivity index (χ2v) is 4.54. The number of hydrogen-bond acceptors (Lipinski definition) is 1. The molecule has 0 bridgehead atoms. The summed E-state index contributed by atoms with van der Waals surface area (Å²) in [6, 6.07) is 4.87. The Morgan fingerprint density at radius 1 is 1.33 bits per heavy atom. The summed E-state index contributed by atoms with van der Waals surface area (Å²) in [5.41, 5.74) is 0.532. The highest BCUT2D eigenvalue weighted by Gasteiger charge is 2.21. The summed E-state index contributed by atoms with van der Waals surface area (Å²) in [5, 5.41) is 0.146. The number of rotatable bonds is 2. The molecule has 1 rings (SSSR count). The number of nitrogens with zero attached hydrogens (tertiary/aromatic N) is 1. The van der Waals surface area contributed by atoms with E-state index < -0.39 is 5.38 Å². The maximum absolute atomic E-state index is 11.6. The minimum Gasteiger partial charge on any atom is -0.347 e. The van der Waals surface area contributed by atoms with Crippen molar-refractivity contribution in [3.8, 4) is 0 Å². The number of benzene rings is 1. The molecular weight excluding hydrogens is 256 g/mol. The van der Waals surface area contributed by atoms with Crippen LogP contribution < -0.4 is 0 Å². The topological polar surface area (TPSA) is 20.3 Å². The first-order valence-corrected chi connectivity index (χ1v) is 5.43. The molecule has 2 nitrogen and oxygen atoms in total. The van der Waals surface area contributed by atoms with Crippen molar-refractivity contribution in [2.24, 2.45) is 0 Å². The predicted molar refractivity (Wildman–Crippen MR) is 63.8 cm³/mol. The Hall–Kier alpha value is -0.440. The highest BCUT2D eigenvalue weighted by molar-refractivity contribution is 6.37. The Morgan fingerprint density at radius 3 is 2.47 bits per heavy atom. The zero-order valence-electron chi connectivity index (χ0n) is 8.30. The highest BCUT2D eigenvalue weighted by atomic mass is 35.5. The van der Waals surface area contributed by atoms with Gasteiger partial charge in [-0.05, 0) is 23.8 Å². The van der Waals surface area contributed by atoms with E-state index in [4.69, 9.17) is 34.8 Å². The number of alkyl halides is 1. The van der Waals surface area contributed by atoms with Crippen LogP contribution in [0.1, 0.15) is 10.9 Å². The number of hydrogen-bond donors (Lipinski definition) is 0. The van der Waals surface area contributed by atoms with E-state index in [1.54, 1.807) is 32.3 Å². The van der Waals surface area contributed by atoms with Gasteiger partial charge in [0.2, 0.25) is 5.91 Å². The molecule has 0 saturated heterocycles. The van der Waals surface area contributed by atoms with Crippen molar-refractivity contribution in [1.82, 2.24) is 4.90 Å². The van der Waals surface area contributed by atoms with Gasteiger partial charge in [0.25, 0.3) is 0 Å². The predicted octanol–water partition coefficient (Wildman–Crippen LogP) is 3.36. The average molecular weight is 267 g/mol. The Labute approximate surface area is 104 Å². The van der Waals surface area contributed by atoms with Crippen molar-refractivity contribution in [3.63, 3.8) is 0 Å². The first kappa shape index (κ1) is 12.6. The van der Waals surface area contributed by atoms with E-state index in [0.29, 0.717) is 15.6 Å². The van der Waals surface area contributed by atoms with E-state index in [1.807, 2.05) is 0 Å². The summed E-state index contributed by atoms with van der Waals surface area (Å²) in [7, 11) is 3.27. The first-order chi connectivity index (χ1) is 6.93. The van der Waals surface area contributed by atoms with Gasteiger partial charge in [-0.3, -0.25) is 4.79 Å². The number of amides is 1. The third kappa shape index (κ3) is 3.00. The van der Waals surface area contributed by atoms with Crippen LogP contribution in [0.15, 0.2) is 18.2 Å². The Kier molecular flexibility index (Phi) is 4.26. The fourth-order valence-electron chi connectivity index (χ4n) is 1.07. The van der Waals surface area contributed by atoms with Gasteiger partial charge >= 0.3 is 0 Å². The summed E-state index contributed by atoms with van der Waals surface area (Å²) in [6.45, 7) is 0. The van der Waals surface area contributed by atoms with E-state index >= 15 is 0 Å². The zero-order valence-corrected chi connectivity index (χ0v) is 10.6. The van der Waals surface area contributed by atoms with E-state index in [-0.39, 0.29) is 5.91 Å². The fraction of sp³-hybridized carbons (Fsp3) is 0.300. The molecule has 0 N–H and O–H groups in total. The SMILES string of the molecule is CN(C)C(=O)C(Cl)c1cc(Cl)ccc1Cl. The van der Waals surface area contributed by atoms with Crippen LogP contribution in [0, 0.1) is 0 Å². The first-order valence-electron chi connectivity index (χ1n) is 4.23. The molecule has 82 valence electrons. The van der Waals surface area contributed by atoms with Gasteiger partial charge in [-0.15, -0.1) is 11.6 Å². The number of likely N-dealkylation sites (N-methyl/N-ethyl adjacent to an activating group) is 1. The summed E-state index contributed by atoms with van der Waals surface area (Å²) >= 11 is 17.7. The van der Waals surface area contributed by atoms with Gasteiger partial charge < -0.3 is 4.90 Å². The quantitative estimate of drug-likeness (QED) is 0.752. The summed E-state index contributed by atoms with van der Waals surface area (Å²) in [4.78, 5) is 13.0. The van der Waals surface area contributed by atoms with E-state index in [1.165, 1.54) is 4.90 Å². The molecule has 0 aliphatic carbocycles. The second-order valence-electron chi connectivity index (χ2n) is 3.26. The van der Waals surface area contributed by atoms with Crippen molar-refractivity contribution >= 4 is 40.7 Å². The van der Waals surface area contributed by atoms with Gasteiger partial charge in [0.15, 0.2) is 0 Å². The standard InChI is InChI=1S/C10H10Cl3NO/c1-14(2)10(15)9(13)7-5-6(11)3-4-8(7)12/h3-5,9H,1-2H3. The molecule has 1 aromatic rings. The second kappa shape index (κ2) is 5.06. The van der Waals surface area contributed by atoms with Crippen LogP contribution in [0.5, 0.6) is 0 Å². The third-order valence-corrected chi connectivity index (χ3v) is 2.89. The fourth-order valence-corrected chi connectivity index (χ4v) is 1.91. The van der Waals surface area contributed by atoms with Gasteiger partial charge in [-0.25, -0.2) is 0 Å². The van der Waals surface area contributed by atoms with Crippen LogP contribution in [-0.2, 0) is 4.79 Å². The Bertz CT molecular complexity index is 379. The highest BCUT2D eigenvalue weighted by Crippen LogP contribution is 2.31. The van der Waals surface area contributed by atoms with Crippen LogP contribution >= 0.6 is 34.8 Å². The molecule has 0 radical (unpaired) electrons. The monoisotopic (exact) mass is 265 g/mol. The summed E-state index contributed by atoms with van der Waals surface area (Å²) < 4.78 is 0. The molecule has 0 fully saturated rings. The molecule has 0 heterocycles. The smallest absolute Gasteiger partial charge is 0.244 e. The van der Waals surface area contributed by atoms with Gasteiger partial charge in [0, 0.05) is 24.1 Å². The van der Waals surface area contributed by atoms with Gasteiger partial charge in [0.1, 0.15) is 5.38 Å². The van der Waals surface area contributed by atoms with E-state index in [9.17, 15) is 4.79 Å². The molecule has 0 saturated carbocycles. The molecule has 5 heteroatoms. The lowest BCUT2D eigenvalue weighted by Gasteiger charge is -2.16. The minimum absolute atomic E-state index is 0.221. The zero-order chi connectivity index (χ0) is 11.6.